The van der Waals surface area contributed by atoms with Crippen LogP contribution in [0.15, 0.2) is 373 Å². The zero-order valence-corrected chi connectivity index (χ0v) is 55.1. The maximum atomic E-state index is 6.69. The number of oxazole rings is 2. The Balaban J connectivity index is 0.661. The van der Waals surface area contributed by atoms with Gasteiger partial charge in [0.25, 0.3) is 0 Å². The highest BCUT2D eigenvalue weighted by Gasteiger charge is 2.26. The van der Waals surface area contributed by atoms with Crippen LogP contribution in [0.3, 0.4) is 0 Å². The number of hydrogen-bond donors (Lipinski definition) is 0. The maximum absolute atomic E-state index is 6.69. The number of para-hydroxylation sites is 3. The van der Waals surface area contributed by atoms with E-state index in [4.69, 9.17) is 18.8 Å². The van der Waals surface area contributed by atoms with Crippen LogP contribution in [0.5, 0.6) is 0 Å². The first-order valence-electron chi connectivity index (χ1n) is 34.5. The second-order valence-corrected chi connectivity index (χ2v) is 26.0. The van der Waals surface area contributed by atoms with Gasteiger partial charge in [0.2, 0.25) is 11.8 Å². The number of hydrogen-bond acceptors (Lipinski definition) is 6. The predicted molar refractivity (Wildman–Crippen MR) is 422 cm³/mol. The quantitative estimate of drug-likeness (QED) is 0.115. The molecular weight excluding hydrogens is 1250 g/mol. The molecule has 0 unspecified atom stereocenters. The summed E-state index contributed by atoms with van der Waals surface area (Å²) in [4.78, 5) is 15.0. The minimum atomic E-state index is 0.590. The fourth-order valence-corrected chi connectivity index (χ4v) is 15.4. The molecule has 8 heteroatoms. The second-order valence-electron chi connectivity index (χ2n) is 26.0. The summed E-state index contributed by atoms with van der Waals surface area (Å²) >= 11 is 0. The lowest BCUT2D eigenvalue weighted by Gasteiger charge is -2.27. The van der Waals surface area contributed by atoms with E-state index in [0.717, 1.165) is 166 Å². The molecule has 0 N–H and O–H groups in total. The fourth-order valence-electron chi connectivity index (χ4n) is 15.4. The van der Waals surface area contributed by atoms with E-state index >= 15 is 0 Å². The highest BCUT2D eigenvalue weighted by Crippen LogP contribution is 2.48. The van der Waals surface area contributed by atoms with Crippen molar-refractivity contribution in [2.24, 2.45) is 0 Å². The summed E-state index contributed by atoms with van der Waals surface area (Å²) in [5, 5.41) is 8.79. The molecule has 0 aliphatic carbocycles. The molecule has 20 rings (SSSR count). The third-order valence-corrected chi connectivity index (χ3v) is 20.1. The molecule has 16 aromatic carbocycles. The van der Waals surface area contributed by atoms with Gasteiger partial charge in [-0.2, -0.15) is 0 Å². The van der Waals surface area contributed by atoms with E-state index < -0.39 is 0 Å². The Morgan fingerprint density at radius 2 is 0.618 bits per heavy atom. The first kappa shape index (κ1) is 58.3. The SMILES string of the molecule is c1ccc(-c2ccc(N(c3ccc4c(c3)c3ccccc3n4-c3ccc(-c4cccc(-c5ccc(N(c6ccc7c(c6)c6ccccc6n7-c6ccccc6)c6cc7nc(-c8ccccc8)oc7c7ccccc67)cc5)c4)cc3)c3cc4oc(-c5ccccc5)nc4c4ccccc34)cc2)cc1. The Labute approximate surface area is 587 Å². The van der Waals surface area contributed by atoms with E-state index in [9.17, 15) is 0 Å². The number of rotatable bonds is 13. The minimum Gasteiger partial charge on any atom is -0.436 e. The van der Waals surface area contributed by atoms with Crippen molar-refractivity contribution in [2.75, 3.05) is 9.80 Å². The van der Waals surface area contributed by atoms with Crippen molar-refractivity contribution < 1.29 is 8.83 Å². The van der Waals surface area contributed by atoms with Crippen LogP contribution in [0.4, 0.5) is 34.1 Å². The van der Waals surface area contributed by atoms with Gasteiger partial charge in [-0.3, -0.25) is 0 Å². The van der Waals surface area contributed by atoms with Crippen LogP contribution in [0, 0.1) is 0 Å². The predicted octanol–water partition coefficient (Wildman–Crippen LogP) is 25.7. The molecular formula is C94H60N6O2. The number of fused-ring (bicyclic) bond motifs is 12. The average Bonchev–Trinajstić information content (AvgIpc) is 0.946. The molecule has 4 heterocycles. The van der Waals surface area contributed by atoms with Gasteiger partial charge in [0.05, 0.1) is 33.4 Å². The van der Waals surface area contributed by atoms with Crippen LogP contribution < -0.4 is 9.80 Å². The fraction of sp³-hybridized carbons (Fsp3) is 0. The molecule has 8 nitrogen and oxygen atoms in total. The molecule has 0 aliphatic rings. The second kappa shape index (κ2) is 24.0. The van der Waals surface area contributed by atoms with E-state index in [2.05, 4.69) is 322 Å². The average molecular weight is 1310 g/mol. The molecule has 0 atom stereocenters. The Hall–Kier alpha value is -13.8. The highest BCUT2D eigenvalue weighted by molar-refractivity contribution is 6.16. The van der Waals surface area contributed by atoms with E-state index in [1.165, 1.54) is 10.9 Å². The molecule has 0 aliphatic heterocycles. The van der Waals surface area contributed by atoms with Gasteiger partial charge in [-0.05, 0) is 167 Å². The highest BCUT2D eigenvalue weighted by atomic mass is 16.4. The topological polar surface area (TPSA) is 68.4 Å². The smallest absolute Gasteiger partial charge is 0.227 e. The normalized spacial score (nSPS) is 11.7. The van der Waals surface area contributed by atoms with Gasteiger partial charge in [-0.1, -0.05) is 224 Å². The van der Waals surface area contributed by atoms with Gasteiger partial charge in [-0.15, -0.1) is 0 Å². The Morgan fingerprint density at radius 3 is 1.17 bits per heavy atom. The molecule has 0 bridgehead atoms. The van der Waals surface area contributed by atoms with Crippen molar-refractivity contribution in [1.29, 1.82) is 0 Å². The molecule has 0 amide bonds. The van der Waals surface area contributed by atoms with Crippen LogP contribution in [0.25, 0.3) is 155 Å². The van der Waals surface area contributed by atoms with Crippen LogP contribution in [0.1, 0.15) is 0 Å². The van der Waals surface area contributed by atoms with Gasteiger partial charge in [-0.25, -0.2) is 9.97 Å². The van der Waals surface area contributed by atoms with E-state index in [1.54, 1.807) is 0 Å². The third kappa shape index (κ3) is 9.83. The molecule has 0 spiro atoms. The Morgan fingerprint density at radius 1 is 0.235 bits per heavy atom. The summed E-state index contributed by atoms with van der Waals surface area (Å²) < 4.78 is 18.1. The number of aromatic nitrogens is 4. The van der Waals surface area contributed by atoms with Gasteiger partial charge in [0, 0.05) is 94.4 Å². The van der Waals surface area contributed by atoms with Crippen molar-refractivity contribution in [2.45, 2.75) is 0 Å². The first-order chi connectivity index (χ1) is 50.6. The number of anilines is 6. The molecule has 0 saturated heterocycles. The summed E-state index contributed by atoms with van der Waals surface area (Å²) in [5.74, 6) is 1.18. The van der Waals surface area contributed by atoms with Crippen molar-refractivity contribution in [3.05, 3.63) is 364 Å². The lowest BCUT2D eigenvalue weighted by molar-refractivity contribution is 0.620. The van der Waals surface area contributed by atoms with Gasteiger partial charge in [0.1, 0.15) is 11.0 Å². The van der Waals surface area contributed by atoms with Gasteiger partial charge < -0.3 is 27.8 Å². The zero-order chi connectivity index (χ0) is 67.2. The molecule has 0 fully saturated rings. The Kier molecular flexibility index (Phi) is 13.7. The largest absolute Gasteiger partial charge is 0.436 e. The summed E-state index contributed by atoms with van der Waals surface area (Å²) in [6, 6.07) is 130. The molecule has 20 aromatic rings. The lowest BCUT2D eigenvalue weighted by Crippen LogP contribution is -2.10. The molecule has 0 radical (unpaired) electrons. The monoisotopic (exact) mass is 1300 g/mol. The Bertz CT molecular complexity index is 6600. The van der Waals surface area contributed by atoms with Crippen LogP contribution >= 0.6 is 0 Å². The van der Waals surface area contributed by atoms with E-state index in [0.29, 0.717) is 11.8 Å². The van der Waals surface area contributed by atoms with Crippen molar-refractivity contribution >= 4 is 121 Å². The summed E-state index contributed by atoms with van der Waals surface area (Å²) in [5.41, 5.74) is 24.6. The van der Waals surface area contributed by atoms with Crippen molar-refractivity contribution in [3.63, 3.8) is 0 Å². The maximum Gasteiger partial charge on any atom is 0.227 e. The van der Waals surface area contributed by atoms with E-state index in [-0.39, 0.29) is 0 Å². The zero-order valence-electron chi connectivity index (χ0n) is 55.1. The molecule has 0 saturated carbocycles. The molecule has 102 heavy (non-hydrogen) atoms. The van der Waals surface area contributed by atoms with Crippen LogP contribution in [-0.2, 0) is 0 Å². The first-order valence-corrected chi connectivity index (χ1v) is 34.5. The number of nitrogens with zero attached hydrogens (tertiary/aromatic N) is 6. The summed E-state index contributed by atoms with van der Waals surface area (Å²) in [7, 11) is 0. The summed E-state index contributed by atoms with van der Waals surface area (Å²) in [6.07, 6.45) is 0. The summed E-state index contributed by atoms with van der Waals surface area (Å²) in [6.45, 7) is 0. The van der Waals surface area contributed by atoms with Gasteiger partial charge in [0.15, 0.2) is 11.2 Å². The minimum absolute atomic E-state index is 0.590. The third-order valence-electron chi connectivity index (χ3n) is 20.1. The van der Waals surface area contributed by atoms with Crippen molar-refractivity contribution in [3.8, 4) is 67.7 Å². The lowest BCUT2D eigenvalue weighted by atomic mass is 9.98. The van der Waals surface area contributed by atoms with Crippen molar-refractivity contribution in [1.82, 2.24) is 19.1 Å². The number of benzene rings is 16. The van der Waals surface area contributed by atoms with E-state index in [1.807, 2.05) is 60.7 Å². The molecule has 4 aromatic heterocycles. The van der Waals surface area contributed by atoms with Crippen LogP contribution in [-0.4, -0.2) is 19.1 Å². The standard InChI is InChI=1S/C94H60N6O2/c1-5-22-61(23-6-1)62-40-46-71(47-41-62)98(89-60-90-91(79-36-15-13-32-75(79)89)96-94(101-90)66-26-9-3-10-27-66)74-53-55-87-82(58-74)78-35-18-20-39-85(78)100(87)72-50-44-64(45-51-72)68-29-21-28-67(56-68)63-42-48-70(49-43-63)97(73-52-54-86-81(57-73)77-34-17-19-38-84(77)99(86)69-30-11-4-12-31-69)88-59-83-92(80-37-16-14-33-76(80)88)102-93(95-83)65-24-7-2-8-25-65/h1-60H. The molecule has 478 valence electrons. The van der Waals surface area contributed by atoms with Gasteiger partial charge >= 0.3 is 0 Å². The van der Waals surface area contributed by atoms with Crippen LogP contribution in [0.2, 0.25) is 0 Å².